The first-order valence-corrected chi connectivity index (χ1v) is 4.74. The third-order valence-electron chi connectivity index (χ3n) is 2.45. The molecule has 1 atom stereocenters. The highest BCUT2D eigenvalue weighted by molar-refractivity contribution is 5.79. The van der Waals surface area contributed by atoms with Gasteiger partial charge in [-0.15, -0.1) is 0 Å². The van der Waals surface area contributed by atoms with Gasteiger partial charge in [0.1, 0.15) is 5.75 Å². The average Bonchev–Trinajstić information content (AvgIpc) is 2.28. The normalized spacial score (nSPS) is 14.4. The Morgan fingerprint density at radius 3 is 2.24 bits per heavy atom. The van der Waals surface area contributed by atoms with Crippen LogP contribution in [-0.2, 0) is 15.1 Å². The molecular weight excluding hydrogens is 234 g/mol. The molecule has 0 spiro atoms. The second kappa shape index (κ2) is 5.09. The van der Waals surface area contributed by atoms with E-state index in [1.54, 1.807) is 0 Å². The van der Waals surface area contributed by atoms with E-state index < -0.39 is 18.2 Å². The van der Waals surface area contributed by atoms with Crippen LogP contribution in [-0.4, -0.2) is 24.8 Å². The highest BCUT2D eigenvalue weighted by atomic mass is 19.3. The largest absolute Gasteiger partial charge is 0.479 e. The second-order valence-electron chi connectivity index (χ2n) is 3.45. The number of aliphatic carboxylic acids is 1. The standard InChI is InChI=1S/C11H12F2O4/c1-11(16-2,9(14)15)7-3-5-8(6-4-7)17-10(12)13/h3-6,10H,1-2H3,(H,14,15). The molecule has 1 N–H and O–H groups in total. The minimum absolute atomic E-state index is 0.0346. The molecule has 0 heterocycles. The van der Waals surface area contributed by atoms with Crippen LogP contribution < -0.4 is 4.74 Å². The number of ether oxygens (including phenoxy) is 2. The average molecular weight is 246 g/mol. The van der Waals surface area contributed by atoms with Crippen molar-refractivity contribution in [3.63, 3.8) is 0 Å². The predicted octanol–water partition coefficient (Wildman–Crippen LogP) is 2.23. The minimum atomic E-state index is -2.91. The van der Waals surface area contributed by atoms with Crippen molar-refractivity contribution in [1.82, 2.24) is 0 Å². The van der Waals surface area contributed by atoms with Gasteiger partial charge in [-0.25, -0.2) is 4.79 Å². The lowest BCUT2D eigenvalue weighted by atomic mass is 9.96. The molecule has 0 aliphatic rings. The molecule has 4 nitrogen and oxygen atoms in total. The van der Waals surface area contributed by atoms with Crippen LogP contribution in [0.15, 0.2) is 24.3 Å². The van der Waals surface area contributed by atoms with Gasteiger partial charge >= 0.3 is 12.6 Å². The molecule has 0 radical (unpaired) electrons. The van der Waals surface area contributed by atoms with Gasteiger partial charge in [-0.1, -0.05) is 12.1 Å². The number of halogens is 2. The Bertz CT molecular complexity index is 391. The van der Waals surface area contributed by atoms with Gasteiger partial charge in [0, 0.05) is 7.11 Å². The van der Waals surface area contributed by atoms with Crippen molar-refractivity contribution in [3.8, 4) is 5.75 Å². The molecule has 1 rings (SSSR count). The van der Waals surface area contributed by atoms with E-state index in [2.05, 4.69) is 4.74 Å². The van der Waals surface area contributed by atoms with Crippen LogP contribution in [0.5, 0.6) is 5.75 Å². The first-order valence-electron chi connectivity index (χ1n) is 4.74. The summed E-state index contributed by atoms with van der Waals surface area (Å²) >= 11 is 0. The van der Waals surface area contributed by atoms with Gasteiger partial charge in [-0.3, -0.25) is 0 Å². The zero-order valence-corrected chi connectivity index (χ0v) is 9.31. The summed E-state index contributed by atoms with van der Waals surface area (Å²) in [5, 5.41) is 9.02. The van der Waals surface area contributed by atoms with Crippen molar-refractivity contribution in [2.24, 2.45) is 0 Å². The highest BCUT2D eigenvalue weighted by Crippen LogP contribution is 2.27. The van der Waals surface area contributed by atoms with E-state index in [4.69, 9.17) is 9.84 Å². The van der Waals surface area contributed by atoms with Crippen LogP contribution >= 0.6 is 0 Å². The number of hydrogen-bond donors (Lipinski definition) is 1. The van der Waals surface area contributed by atoms with Gasteiger partial charge in [0.15, 0.2) is 5.60 Å². The molecule has 0 saturated carbocycles. The number of rotatable bonds is 5. The Morgan fingerprint density at radius 1 is 1.35 bits per heavy atom. The van der Waals surface area contributed by atoms with E-state index in [1.165, 1.54) is 38.3 Å². The number of benzene rings is 1. The number of hydrogen-bond acceptors (Lipinski definition) is 3. The zero-order valence-electron chi connectivity index (χ0n) is 9.31. The summed E-state index contributed by atoms with van der Waals surface area (Å²) in [6.07, 6.45) is 0. The van der Waals surface area contributed by atoms with E-state index >= 15 is 0 Å². The van der Waals surface area contributed by atoms with Crippen LogP contribution in [0.25, 0.3) is 0 Å². The molecule has 94 valence electrons. The maximum absolute atomic E-state index is 11.9. The molecule has 0 aliphatic carbocycles. The van der Waals surface area contributed by atoms with Gasteiger partial charge < -0.3 is 14.6 Å². The van der Waals surface area contributed by atoms with Crippen LogP contribution in [0.4, 0.5) is 8.78 Å². The van der Waals surface area contributed by atoms with Crippen LogP contribution in [0.1, 0.15) is 12.5 Å². The van der Waals surface area contributed by atoms with Crippen molar-refractivity contribution in [1.29, 1.82) is 0 Å². The molecule has 17 heavy (non-hydrogen) atoms. The van der Waals surface area contributed by atoms with E-state index in [-0.39, 0.29) is 5.75 Å². The summed E-state index contributed by atoms with van der Waals surface area (Å²) in [4.78, 5) is 11.0. The van der Waals surface area contributed by atoms with E-state index in [9.17, 15) is 13.6 Å². The molecule has 6 heteroatoms. The fourth-order valence-electron chi connectivity index (χ4n) is 1.28. The Balaban J connectivity index is 2.97. The van der Waals surface area contributed by atoms with Crippen molar-refractivity contribution in [2.75, 3.05) is 7.11 Å². The van der Waals surface area contributed by atoms with E-state index in [1.807, 2.05) is 0 Å². The van der Waals surface area contributed by atoms with Gasteiger partial charge in [0.2, 0.25) is 0 Å². The number of alkyl halides is 2. The van der Waals surface area contributed by atoms with Crippen molar-refractivity contribution in [3.05, 3.63) is 29.8 Å². The summed E-state index contributed by atoms with van der Waals surface area (Å²) < 4.78 is 32.9. The number of methoxy groups -OCH3 is 1. The molecule has 0 bridgehead atoms. The van der Waals surface area contributed by atoms with Gasteiger partial charge in [-0.05, 0) is 24.6 Å². The lowest BCUT2D eigenvalue weighted by Gasteiger charge is -2.23. The van der Waals surface area contributed by atoms with Crippen LogP contribution in [0.2, 0.25) is 0 Å². The van der Waals surface area contributed by atoms with E-state index in [0.29, 0.717) is 5.56 Å². The van der Waals surface area contributed by atoms with Gasteiger partial charge in [0.25, 0.3) is 0 Å². The first-order chi connectivity index (χ1) is 7.90. The van der Waals surface area contributed by atoms with Crippen molar-refractivity contribution in [2.45, 2.75) is 19.1 Å². The van der Waals surface area contributed by atoms with E-state index in [0.717, 1.165) is 0 Å². The monoisotopic (exact) mass is 246 g/mol. The highest BCUT2D eigenvalue weighted by Gasteiger charge is 2.35. The summed E-state index contributed by atoms with van der Waals surface area (Å²) in [6, 6.07) is 5.27. The molecule has 1 unspecified atom stereocenters. The maximum Gasteiger partial charge on any atom is 0.387 e. The zero-order chi connectivity index (χ0) is 13.1. The summed E-state index contributed by atoms with van der Waals surface area (Å²) in [5.41, 5.74) is -1.17. The second-order valence-corrected chi connectivity index (χ2v) is 3.45. The van der Waals surface area contributed by atoms with Crippen molar-refractivity contribution < 1.29 is 28.2 Å². The molecule has 0 fully saturated rings. The number of carboxylic acids is 1. The third kappa shape index (κ3) is 2.91. The lowest BCUT2D eigenvalue weighted by molar-refractivity contribution is -0.161. The smallest absolute Gasteiger partial charge is 0.387 e. The minimum Gasteiger partial charge on any atom is -0.479 e. The summed E-state index contributed by atoms with van der Waals surface area (Å²) in [6.45, 7) is -1.53. The fourth-order valence-corrected chi connectivity index (χ4v) is 1.28. The Hall–Kier alpha value is -1.69. The quantitative estimate of drug-likeness (QED) is 0.865. The molecule has 0 aliphatic heterocycles. The molecule has 0 saturated heterocycles. The molecule has 1 aromatic rings. The topological polar surface area (TPSA) is 55.8 Å². The fraction of sp³-hybridized carbons (Fsp3) is 0.364. The molecule has 0 aromatic heterocycles. The maximum atomic E-state index is 11.9. The molecule has 1 aromatic carbocycles. The predicted molar refractivity (Wildman–Crippen MR) is 55.1 cm³/mol. The Kier molecular flexibility index (Phi) is 4.01. The lowest BCUT2D eigenvalue weighted by Crippen LogP contribution is -2.34. The summed E-state index contributed by atoms with van der Waals surface area (Å²) in [7, 11) is 1.26. The van der Waals surface area contributed by atoms with Gasteiger partial charge in [-0.2, -0.15) is 8.78 Å². The van der Waals surface area contributed by atoms with Crippen molar-refractivity contribution >= 4 is 5.97 Å². The number of carbonyl (C=O) groups is 1. The summed E-state index contributed by atoms with van der Waals surface area (Å²) in [5.74, 6) is -1.20. The SMILES string of the molecule is COC(C)(C(=O)O)c1ccc(OC(F)F)cc1. The Morgan fingerprint density at radius 2 is 1.88 bits per heavy atom. The molecular formula is C11H12F2O4. The van der Waals surface area contributed by atoms with Crippen LogP contribution in [0.3, 0.4) is 0 Å². The van der Waals surface area contributed by atoms with Gasteiger partial charge in [0.05, 0.1) is 0 Å². The van der Waals surface area contributed by atoms with Crippen LogP contribution in [0, 0.1) is 0 Å². The Labute approximate surface area is 96.8 Å². The number of carboxylic acid groups (broad SMARTS) is 1. The first kappa shape index (κ1) is 13.4. The third-order valence-corrected chi connectivity index (χ3v) is 2.45. The molecule has 0 amide bonds.